The summed E-state index contributed by atoms with van der Waals surface area (Å²) in [5, 5.41) is 0. The van der Waals surface area contributed by atoms with Gasteiger partial charge >= 0.3 is 0 Å². The van der Waals surface area contributed by atoms with Crippen LogP contribution in [0.4, 0.5) is 5.69 Å². The topological polar surface area (TPSA) is 33.4 Å². The molecular formula is C15H15ClN2O2. The Balaban J connectivity index is 0.00000147. The van der Waals surface area contributed by atoms with Gasteiger partial charge in [0.25, 0.3) is 5.91 Å². The van der Waals surface area contributed by atoms with Gasteiger partial charge in [-0.25, -0.2) is 0 Å². The smallest absolute Gasteiger partial charge is 0.293 e. The van der Waals surface area contributed by atoms with Gasteiger partial charge < -0.3 is 22.0 Å². The predicted molar refractivity (Wildman–Crippen MR) is 70.9 cm³/mol. The van der Waals surface area contributed by atoms with E-state index < -0.39 is 0 Å². The molecule has 0 saturated carbocycles. The molecule has 1 aromatic heterocycles. The van der Waals surface area contributed by atoms with Crippen LogP contribution < -0.4 is 26.6 Å². The zero-order chi connectivity index (χ0) is 13.1. The van der Waals surface area contributed by atoms with Crippen molar-refractivity contribution < 1.29 is 26.5 Å². The molecule has 4 nitrogen and oxygen atoms in total. The van der Waals surface area contributed by atoms with E-state index in [1.807, 2.05) is 59.4 Å². The van der Waals surface area contributed by atoms with Crippen molar-refractivity contribution >= 4 is 11.6 Å². The molecule has 0 saturated heterocycles. The SMILES string of the molecule is O=C(C[n+]1ccccc1)N1CCOc2ccccc21.[Cl-]. The summed E-state index contributed by atoms with van der Waals surface area (Å²) >= 11 is 0. The number of hydrogen-bond donors (Lipinski definition) is 0. The maximum Gasteiger partial charge on any atom is 0.293 e. The Hall–Kier alpha value is -2.07. The third-order valence-electron chi connectivity index (χ3n) is 3.12. The van der Waals surface area contributed by atoms with Crippen LogP contribution in [0.5, 0.6) is 5.75 Å². The molecule has 1 aromatic carbocycles. The van der Waals surface area contributed by atoms with Crippen LogP contribution in [0.25, 0.3) is 0 Å². The molecule has 1 aliphatic heterocycles. The second-order valence-corrected chi connectivity index (χ2v) is 4.41. The number of benzene rings is 1. The van der Waals surface area contributed by atoms with E-state index >= 15 is 0 Å². The van der Waals surface area contributed by atoms with Gasteiger partial charge in [-0.2, -0.15) is 4.57 Å². The Bertz CT molecular complexity index is 589. The average Bonchev–Trinajstić information content (AvgIpc) is 2.47. The van der Waals surface area contributed by atoms with Gasteiger partial charge in [0, 0.05) is 12.1 Å². The van der Waals surface area contributed by atoms with Crippen molar-refractivity contribution in [1.82, 2.24) is 0 Å². The molecule has 104 valence electrons. The summed E-state index contributed by atoms with van der Waals surface area (Å²) in [4.78, 5) is 14.2. The molecule has 0 fully saturated rings. The number of rotatable bonds is 2. The number of aromatic nitrogens is 1. The summed E-state index contributed by atoms with van der Waals surface area (Å²) in [6.07, 6.45) is 3.79. The summed E-state index contributed by atoms with van der Waals surface area (Å²) in [6.45, 7) is 1.49. The minimum absolute atomic E-state index is 0. The van der Waals surface area contributed by atoms with Crippen molar-refractivity contribution in [2.45, 2.75) is 6.54 Å². The second kappa shape index (κ2) is 6.39. The summed E-state index contributed by atoms with van der Waals surface area (Å²) < 4.78 is 7.43. The lowest BCUT2D eigenvalue weighted by molar-refractivity contribution is -0.684. The van der Waals surface area contributed by atoms with E-state index in [0.717, 1.165) is 11.4 Å². The van der Waals surface area contributed by atoms with Gasteiger partial charge in [0.1, 0.15) is 12.4 Å². The Labute approximate surface area is 124 Å². The van der Waals surface area contributed by atoms with Gasteiger partial charge in [-0.05, 0) is 12.1 Å². The molecule has 0 spiro atoms. The van der Waals surface area contributed by atoms with Crippen molar-refractivity contribution in [3.05, 3.63) is 54.9 Å². The molecule has 0 atom stereocenters. The standard InChI is InChI=1S/C15H15N2O2.ClH/c18-15(12-16-8-4-1-5-9-16)17-10-11-19-14-7-3-2-6-13(14)17;/h1-9H,10-12H2;1H/q+1;/p-1. The van der Waals surface area contributed by atoms with Gasteiger partial charge in [-0.15, -0.1) is 0 Å². The minimum atomic E-state index is 0. The van der Waals surface area contributed by atoms with E-state index in [9.17, 15) is 4.79 Å². The first kappa shape index (κ1) is 14.3. The Kier molecular flexibility index (Phi) is 4.58. The first-order valence-corrected chi connectivity index (χ1v) is 6.31. The van der Waals surface area contributed by atoms with Crippen molar-refractivity contribution in [1.29, 1.82) is 0 Å². The number of carbonyl (C=O) groups is 1. The summed E-state index contributed by atoms with van der Waals surface area (Å²) in [5.41, 5.74) is 0.857. The number of amides is 1. The van der Waals surface area contributed by atoms with Crippen LogP contribution in [0, 0.1) is 0 Å². The molecule has 0 N–H and O–H groups in total. The van der Waals surface area contributed by atoms with E-state index in [-0.39, 0.29) is 18.3 Å². The van der Waals surface area contributed by atoms with Crippen LogP contribution in [0.2, 0.25) is 0 Å². The molecule has 20 heavy (non-hydrogen) atoms. The number of carbonyl (C=O) groups excluding carboxylic acids is 1. The van der Waals surface area contributed by atoms with E-state index in [2.05, 4.69) is 0 Å². The van der Waals surface area contributed by atoms with Crippen LogP contribution >= 0.6 is 0 Å². The Morgan fingerprint density at radius 2 is 1.90 bits per heavy atom. The highest BCUT2D eigenvalue weighted by atomic mass is 35.5. The van der Waals surface area contributed by atoms with Gasteiger partial charge in [-0.3, -0.25) is 4.79 Å². The summed E-state index contributed by atoms with van der Waals surface area (Å²) in [7, 11) is 0. The number of pyridine rings is 1. The first-order valence-electron chi connectivity index (χ1n) is 6.31. The fraction of sp³-hybridized carbons (Fsp3) is 0.200. The highest BCUT2D eigenvalue weighted by molar-refractivity contribution is 5.94. The van der Waals surface area contributed by atoms with E-state index in [0.29, 0.717) is 19.7 Å². The summed E-state index contributed by atoms with van der Waals surface area (Å²) in [5.74, 6) is 0.854. The van der Waals surface area contributed by atoms with Crippen LogP contribution in [-0.4, -0.2) is 19.1 Å². The monoisotopic (exact) mass is 290 g/mol. The zero-order valence-electron chi connectivity index (χ0n) is 10.9. The molecule has 1 amide bonds. The molecular weight excluding hydrogens is 276 g/mol. The molecule has 0 bridgehead atoms. The molecule has 0 aliphatic carbocycles. The quantitative estimate of drug-likeness (QED) is 0.625. The lowest BCUT2D eigenvalue weighted by Gasteiger charge is -2.28. The van der Waals surface area contributed by atoms with Crippen molar-refractivity contribution in [2.75, 3.05) is 18.1 Å². The number of fused-ring (bicyclic) bond motifs is 1. The number of halogens is 1. The van der Waals surface area contributed by atoms with Crippen LogP contribution in [0.15, 0.2) is 54.9 Å². The van der Waals surface area contributed by atoms with Crippen LogP contribution in [0.1, 0.15) is 0 Å². The molecule has 2 aromatic rings. The van der Waals surface area contributed by atoms with E-state index in [1.165, 1.54) is 0 Å². The highest BCUT2D eigenvalue weighted by Gasteiger charge is 2.25. The summed E-state index contributed by atoms with van der Waals surface area (Å²) in [6, 6.07) is 13.4. The molecule has 2 heterocycles. The average molecular weight is 291 g/mol. The van der Waals surface area contributed by atoms with Crippen molar-refractivity contribution in [2.24, 2.45) is 0 Å². The first-order chi connectivity index (χ1) is 9.34. The van der Waals surface area contributed by atoms with Crippen molar-refractivity contribution in [3.63, 3.8) is 0 Å². The third-order valence-corrected chi connectivity index (χ3v) is 3.12. The fourth-order valence-corrected chi connectivity index (χ4v) is 2.21. The number of anilines is 1. The van der Waals surface area contributed by atoms with E-state index in [1.54, 1.807) is 4.90 Å². The molecule has 1 aliphatic rings. The van der Waals surface area contributed by atoms with E-state index in [4.69, 9.17) is 4.74 Å². The Morgan fingerprint density at radius 1 is 1.15 bits per heavy atom. The molecule has 0 radical (unpaired) electrons. The van der Waals surface area contributed by atoms with Gasteiger partial charge in [0.05, 0.1) is 12.2 Å². The van der Waals surface area contributed by atoms with Gasteiger partial charge in [0.15, 0.2) is 12.4 Å². The lowest BCUT2D eigenvalue weighted by atomic mass is 10.2. The van der Waals surface area contributed by atoms with Crippen molar-refractivity contribution in [3.8, 4) is 5.75 Å². The van der Waals surface area contributed by atoms with Gasteiger partial charge in [0.2, 0.25) is 6.54 Å². The lowest BCUT2D eigenvalue weighted by Crippen LogP contribution is -3.00. The number of para-hydroxylation sites is 2. The largest absolute Gasteiger partial charge is 1.00 e. The number of ether oxygens (including phenoxy) is 1. The zero-order valence-corrected chi connectivity index (χ0v) is 11.7. The Morgan fingerprint density at radius 3 is 2.70 bits per heavy atom. The predicted octanol–water partition coefficient (Wildman–Crippen LogP) is -1.60. The third kappa shape index (κ3) is 2.91. The second-order valence-electron chi connectivity index (χ2n) is 4.41. The number of hydrogen-bond acceptors (Lipinski definition) is 2. The number of nitrogens with zero attached hydrogens (tertiary/aromatic N) is 2. The normalized spacial score (nSPS) is 12.9. The van der Waals surface area contributed by atoms with Crippen LogP contribution in [0.3, 0.4) is 0 Å². The molecule has 3 rings (SSSR count). The maximum absolute atomic E-state index is 12.4. The molecule has 5 heteroatoms. The van der Waals surface area contributed by atoms with Gasteiger partial charge in [-0.1, -0.05) is 18.2 Å². The highest BCUT2D eigenvalue weighted by Crippen LogP contribution is 2.30. The molecule has 0 unspecified atom stereocenters. The maximum atomic E-state index is 12.4. The van der Waals surface area contributed by atoms with Crippen LogP contribution in [-0.2, 0) is 11.3 Å². The fourth-order valence-electron chi connectivity index (χ4n) is 2.21. The minimum Gasteiger partial charge on any atom is -1.00 e.